The highest BCUT2D eigenvalue weighted by Crippen LogP contribution is 2.08. The summed E-state index contributed by atoms with van der Waals surface area (Å²) in [7, 11) is 0. The molecule has 0 aromatic rings. The quantitative estimate of drug-likeness (QED) is 0.259. The molecule has 0 aromatic carbocycles. The van der Waals surface area contributed by atoms with Gasteiger partial charge in [-0.3, -0.25) is 0 Å². The van der Waals surface area contributed by atoms with Gasteiger partial charge in [-0.1, -0.05) is 13.2 Å². The van der Waals surface area contributed by atoms with Crippen molar-refractivity contribution in [3.05, 3.63) is 25.3 Å². The minimum absolute atomic E-state index is 0.147. The molecule has 0 aromatic heterocycles. The largest absolute Gasteiger partial charge is 0.460 e. The minimum atomic E-state index is -0.384. The van der Waals surface area contributed by atoms with Crippen molar-refractivity contribution < 1.29 is 38.7 Å². The third kappa shape index (κ3) is 16.6. The van der Waals surface area contributed by atoms with Crippen LogP contribution in [0, 0.1) is 0 Å². The number of epoxide rings is 2. The van der Waals surface area contributed by atoms with Crippen molar-refractivity contribution in [3.8, 4) is 0 Å². The molecule has 2 heterocycles. The van der Waals surface area contributed by atoms with Crippen molar-refractivity contribution in [2.75, 3.05) is 39.6 Å². The van der Waals surface area contributed by atoms with E-state index in [4.69, 9.17) is 19.7 Å². The summed E-state index contributed by atoms with van der Waals surface area (Å²) in [4.78, 5) is 20.7. The summed E-state index contributed by atoms with van der Waals surface area (Å²) in [5, 5.41) is 16.2. The maximum atomic E-state index is 10.3. The Hall–Kier alpha value is -1.74. The van der Waals surface area contributed by atoms with Gasteiger partial charge in [0.25, 0.3) is 0 Å². The molecule has 8 nitrogen and oxygen atoms in total. The zero-order valence-corrected chi connectivity index (χ0v) is 13.7. The maximum absolute atomic E-state index is 10.3. The molecule has 0 radical (unpaired) electrons. The fourth-order valence-electron chi connectivity index (χ4n) is 1.02. The minimum Gasteiger partial charge on any atom is -0.460 e. The second kappa shape index (κ2) is 14.8. The van der Waals surface area contributed by atoms with E-state index in [-0.39, 0.29) is 37.4 Å². The van der Waals surface area contributed by atoms with E-state index in [0.29, 0.717) is 26.4 Å². The molecule has 2 fully saturated rings. The third-order valence-electron chi connectivity index (χ3n) is 2.53. The van der Waals surface area contributed by atoms with E-state index in [0.717, 1.165) is 25.0 Å². The van der Waals surface area contributed by atoms with Crippen molar-refractivity contribution in [1.82, 2.24) is 0 Å². The number of hydrogen-bond acceptors (Lipinski definition) is 8. The molecule has 0 saturated carbocycles. The topological polar surface area (TPSA) is 118 Å². The summed E-state index contributed by atoms with van der Waals surface area (Å²) in [6.45, 7) is 9.03. The molecule has 24 heavy (non-hydrogen) atoms. The number of unbranched alkanes of at least 4 members (excludes halogenated alkanes) is 1. The molecule has 2 aliphatic heterocycles. The van der Waals surface area contributed by atoms with Crippen molar-refractivity contribution in [2.45, 2.75) is 25.0 Å². The first kappa shape index (κ1) is 22.3. The van der Waals surface area contributed by atoms with Crippen LogP contribution in [-0.2, 0) is 28.5 Å². The van der Waals surface area contributed by atoms with E-state index >= 15 is 0 Å². The van der Waals surface area contributed by atoms with Crippen LogP contribution in [0.25, 0.3) is 0 Å². The summed E-state index contributed by atoms with van der Waals surface area (Å²) < 4.78 is 18.8. The second-order valence-electron chi connectivity index (χ2n) is 4.73. The Kier molecular flexibility index (Phi) is 13.8. The van der Waals surface area contributed by atoms with Crippen molar-refractivity contribution in [1.29, 1.82) is 0 Å². The lowest BCUT2D eigenvalue weighted by Crippen LogP contribution is -2.06. The molecule has 0 aliphatic carbocycles. The number of carbonyl (C=O) groups excluding carboxylic acids is 2. The Labute approximate surface area is 141 Å². The highest BCUT2D eigenvalue weighted by Gasteiger charge is 2.24. The van der Waals surface area contributed by atoms with Gasteiger partial charge in [-0.05, 0) is 12.8 Å². The van der Waals surface area contributed by atoms with Crippen LogP contribution in [0.4, 0.5) is 0 Å². The predicted molar refractivity (Wildman–Crippen MR) is 85.2 cm³/mol. The first-order valence-corrected chi connectivity index (χ1v) is 7.60. The normalized spacial score (nSPS) is 19.4. The van der Waals surface area contributed by atoms with Crippen LogP contribution in [0.15, 0.2) is 25.3 Å². The van der Waals surface area contributed by atoms with Crippen LogP contribution in [0.3, 0.4) is 0 Å². The summed E-state index contributed by atoms with van der Waals surface area (Å²) in [5.41, 5.74) is 0. The second-order valence-corrected chi connectivity index (χ2v) is 4.73. The van der Waals surface area contributed by atoms with Gasteiger partial charge in [0, 0.05) is 25.4 Å². The molecular formula is C16H26O8. The predicted octanol–water partition coefficient (Wildman–Crippen LogP) is -0.0200. The molecule has 8 heteroatoms. The van der Waals surface area contributed by atoms with Gasteiger partial charge in [0.2, 0.25) is 0 Å². The molecule has 0 spiro atoms. The molecule has 0 bridgehead atoms. The summed E-state index contributed by atoms with van der Waals surface area (Å²) in [5.74, 6) is -0.768. The van der Waals surface area contributed by atoms with Gasteiger partial charge >= 0.3 is 11.9 Å². The van der Waals surface area contributed by atoms with Gasteiger partial charge in [-0.25, -0.2) is 9.59 Å². The van der Waals surface area contributed by atoms with Gasteiger partial charge in [0.05, 0.1) is 13.2 Å². The Morgan fingerprint density at radius 1 is 0.917 bits per heavy atom. The van der Waals surface area contributed by atoms with Crippen LogP contribution >= 0.6 is 0 Å². The van der Waals surface area contributed by atoms with Gasteiger partial charge in [0.15, 0.2) is 0 Å². The Bertz CT molecular complexity index is 338. The molecule has 2 saturated heterocycles. The summed E-state index contributed by atoms with van der Waals surface area (Å²) in [6, 6.07) is 0. The molecule has 138 valence electrons. The lowest BCUT2D eigenvalue weighted by molar-refractivity contribution is -0.139. The zero-order chi connectivity index (χ0) is 18.2. The van der Waals surface area contributed by atoms with Crippen LogP contribution < -0.4 is 0 Å². The van der Waals surface area contributed by atoms with E-state index in [1.807, 2.05) is 0 Å². The van der Waals surface area contributed by atoms with Gasteiger partial charge in [0.1, 0.15) is 25.4 Å². The fourth-order valence-corrected chi connectivity index (χ4v) is 1.02. The highest BCUT2D eigenvalue weighted by atomic mass is 16.6. The number of aliphatic hydroxyl groups is 2. The number of aliphatic hydroxyl groups excluding tert-OH is 2. The average molecular weight is 346 g/mol. The fraction of sp³-hybridized carbons (Fsp3) is 0.625. The molecule has 2 aliphatic rings. The van der Waals surface area contributed by atoms with E-state index < -0.39 is 0 Å². The maximum Gasteiger partial charge on any atom is 0.330 e. The first-order valence-electron chi connectivity index (χ1n) is 7.60. The third-order valence-corrected chi connectivity index (χ3v) is 2.53. The van der Waals surface area contributed by atoms with Gasteiger partial charge in [-0.15, -0.1) is 0 Å². The van der Waals surface area contributed by atoms with Crippen molar-refractivity contribution in [3.63, 3.8) is 0 Å². The van der Waals surface area contributed by atoms with E-state index in [1.54, 1.807) is 0 Å². The van der Waals surface area contributed by atoms with E-state index in [9.17, 15) is 9.59 Å². The molecular weight excluding hydrogens is 320 g/mol. The summed E-state index contributed by atoms with van der Waals surface area (Å²) in [6.07, 6.45) is 4.01. The summed E-state index contributed by atoms with van der Waals surface area (Å²) >= 11 is 0. The SMILES string of the molecule is C=CC(=O)OCC1CO1.C=CC(=O)OCC1CO1.OCCCCO. The first-order chi connectivity index (χ1) is 11.6. The average Bonchev–Trinajstić information content (AvgIpc) is 3.50. The molecule has 2 N–H and O–H groups in total. The van der Waals surface area contributed by atoms with Crippen LogP contribution in [0.5, 0.6) is 0 Å². The van der Waals surface area contributed by atoms with E-state index in [2.05, 4.69) is 22.6 Å². The van der Waals surface area contributed by atoms with Gasteiger partial charge in [-0.2, -0.15) is 0 Å². The Morgan fingerprint density at radius 3 is 1.46 bits per heavy atom. The lowest BCUT2D eigenvalue weighted by Gasteiger charge is -1.94. The van der Waals surface area contributed by atoms with Gasteiger partial charge < -0.3 is 29.2 Å². The standard InChI is InChI=1S/2C6H8O3.C4H10O2/c2*1-2-6(7)9-4-5-3-8-5;5-3-1-2-4-6/h2*2,5H,1,3-4H2;5-6H,1-4H2. The van der Waals surface area contributed by atoms with Crippen molar-refractivity contribution >= 4 is 11.9 Å². The number of ether oxygens (including phenoxy) is 4. The Balaban J connectivity index is 0.000000340. The van der Waals surface area contributed by atoms with E-state index in [1.165, 1.54) is 0 Å². The lowest BCUT2D eigenvalue weighted by atomic mass is 10.3. The number of rotatable bonds is 9. The van der Waals surface area contributed by atoms with Crippen LogP contribution in [0.2, 0.25) is 0 Å². The smallest absolute Gasteiger partial charge is 0.330 e. The molecule has 0 amide bonds. The number of esters is 2. The zero-order valence-electron chi connectivity index (χ0n) is 13.7. The highest BCUT2D eigenvalue weighted by molar-refractivity contribution is 5.81. The molecule has 2 unspecified atom stereocenters. The molecule has 2 atom stereocenters. The number of carbonyl (C=O) groups is 2. The van der Waals surface area contributed by atoms with Crippen molar-refractivity contribution in [2.24, 2.45) is 0 Å². The Morgan fingerprint density at radius 2 is 1.25 bits per heavy atom. The molecule has 2 rings (SSSR count). The number of hydrogen-bond donors (Lipinski definition) is 2. The monoisotopic (exact) mass is 346 g/mol. The van der Waals surface area contributed by atoms with Crippen LogP contribution in [0.1, 0.15) is 12.8 Å². The van der Waals surface area contributed by atoms with Crippen LogP contribution in [-0.4, -0.2) is 74.0 Å².